The van der Waals surface area contributed by atoms with Crippen LogP contribution in [0.3, 0.4) is 0 Å². The van der Waals surface area contributed by atoms with Crippen LogP contribution >= 0.6 is 11.6 Å². The van der Waals surface area contributed by atoms with Crippen molar-refractivity contribution in [3.8, 4) is 5.69 Å². The summed E-state index contributed by atoms with van der Waals surface area (Å²) in [4.78, 5) is 38.3. The Balaban J connectivity index is 2.20. The Hall–Kier alpha value is -3.26. The Kier molecular flexibility index (Phi) is 6.23. The summed E-state index contributed by atoms with van der Waals surface area (Å²) < 4.78 is 15.3. The van der Waals surface area contributed by atoms with Crippen LogP contribution in [-0.4, -0.2) is 26.8 Å². The monoisotopic (exact) mass is 416 g/mol. The number of hydrogen-bond acceptors (Lipinski definition) is 4. The van der Waals surface area contributed by atoms with Crippen molar-refractivity contribution in [1.29, 1.82) is 0 Å². The second-order valence-corrected chi connectivity index (χ2v) is 6.74. The van der Waals surface area contributed by atoms with Crippen LogP contribution in [-0.2, 0) is 6.54 Å². The van der Waals surface area contributed by atoms with Gasteiger partial charge in [-0.25, -0.2) is 9.18 Å². The van der Waals surface area contributed by atoms with Crippen LogP contribution in [0.1, 0.15) is 29.4 Å². The van der Waals surface area contributed by atoms with Crippen molar-refractivity contribution in [2.75, 3.05) is 6.54 Å². The molecule has 1 aromatic heterocycles. The number of amides is 1. The maximum Gasteiger partial charge on any atom is 0.352 e. The lowest BCUT2D eigenvalue weighted by Gasteiger charge is -2.12. The summed E-state index contributed by atoms with van der Waals surface area (Å²) in [5.41, 5.74) is -1.37. The fourth-order valence-corrected chi connectivity index (χ4v) is 2.90. The molecule has 0 unspecified atom stereocenters. The van der Waals surface area contributed by atoms with E-state index >= 15 is 0 Å². The van der Waals surface area contributed by atoms with Gasteiger partial charge in [0.15, 0.2) is 0 Å². The van der Waals surface area contributed by atoms with Crippen molar-refractivity contribution in [1.82, 2.24) is 19.7 Å². The van der Waals surface area contributed by atoms with Crippen LogP contribution in [0, 0.1) is 5.82 Å². The van der Waals surface area contributed by atoms with Crippen LogP contribution in [0.5, 0.6) is 0 Å². The molecule has 9 heteroatoms. The van der Waals surface area contributed by atoms with Crippen molar-refractivity contribution in [3.63, 3.8) is 0 Å². The highest BCUT2D eigenvalue weighted by Gasteiger charge is 2.20. The molecule has 29 heavy (non-hydrogen) atoms. The minimum atomic E-state index is -0.855. The predicted molar refractivity (Wildman–Crippen MR) is 107 cm³/mol. The first-order valence-electron chi connectivity index (χ1n) is 8.93. The first-order chi connectivity index (χ1) is 13.9. The summed E-state index contributed by atoms with van der Waals surface area (Å²) in [5.74, 6) is -1.19. The lowest BCUT2D eigenvalue weighted by Crippen LogP contribution is -2.46. The molecule has 0 radical (unpaired) electrons. The number of halogens is 2. The second-order valence-electron chi connectivity index (χ2n) is 6.30. The molecule has 3 rings (SSSR count). The molecule has 1 N–H and O–H groups in total. The highest BCUT2D eigenvalue weighted by Crippen LogP contribution is 2.12. The third kappa shape index (κ3) is 4.60. The van der Waals surface area contributed by atoms with Gasteiger partial charge in [0.25, 0.3) is 11.5 Å². The molecule has 1 amide bonds. The molecular weight excluding hydrogens is 399 g/mol. The molecule has 0 aliphatic heterocycles. The molecule has 0 aliphatic carbocycles. The Labute approximate surface area is 170 Å². The van der Waals surface area contributed by atoms with Crippen LogP contribution in [0.25, 0.3) is 5.69 Å². The highest BCUT2D eigenvalue weighted by molar-refractivity contribution is 6.30. The smallest absolute Gasteiger partial charge is 0.350 e. The van der Waals surface area contributed by atoms with Crippen molar-refractivity contribution in [3.05, 3.63) is 91.5 Å². The van der Waals surface area contributed by atoms with Crippen molar-refractivity contribution >= 4 is 17.5 Å². The summed E-state index contributed by atoms with van der Waals surface area (Å²) in [6, 6.07) is 11.8. The van der Waals surface area contributed by atoms with Gasteiger partial charge < -0.3 is 5.32 Å². The van der Waals surface area contributed by atoms with Crippen LogP contribution in [0.15, 0.2) is 58.1 Å². The molecule has 0 bridgehead atoms. The van der Waals surface area contributed by atoms with E-state index in [1.807, 2.05) is 6.92 Å². The lowest BCUT2D eigenvalue weighted by atomic mass is 10.2. The van der Waals surface area contributed by atoms with Crippen molar-refractivity contribution in [2.24, 2.45) is 0 Å². The van der Waals surface area contributed by atoms with Crippen LogP contribution in [0.4, 0.5) is 4.39 Å². The fourth-order valence-electron chi connectivity index (χ4n) is 2.71. The summed E-state index contributed by atoms with van der Waals surface area (Å²) >= 11 is 6.00. The van der Waals surface area contributed by atoms with E-state index in [0.29, 0.717) is 29.2 Å². The van der Waals surface area contributed by atoms with Crippen LogP contribution in [0.2, 0.25) is 5.02 Å². The average molecular weight is 417 g/mol. The predicted octanol–water partition coefficient (Wildman–Crippen LogP) is 2.37. The minimum absolute atomic E-state index is 0.216. The van der Waals surface area contributed by atoms with Crippen molar-refractivity contribution < 1.29 is 9.18 Å². The van der Waals surface area contributed by atoms with Gasteiger partial charge in [0.1, 0.15) is 5.82 Å². The molecule has 2 aromatic carbocycles. The quantitative estimate of drug-likeness (QED) is 0.668. The summed E-state index contributed by atoms with van der Waals surface area (Å²) in [6.45, 7) is 2.00. The lowest BCUT2D eigenvalue weighted by molar-refractivity contribution is 0.0944. The summed E-state index contributed by atoms with van der Waals surface area (Å²) in [7, 11) is 0. The molecule has 0 aliphatic rings. The Morgan fingerprint density at radius 2 is 1.93 bits per heavy atom. The van der Waals surface area contributed by atoms with Crippen molar-refractivity contribution in [2.45, 2.75) is 19.9 Å². The number of nitrogens with one attached hydrogen (secondary N) is 1. The van der Waals surface area contributed by atoms with E-state index in [1.165, 1.54) is 24.3 Å². The van der Waals surface area contributed by atoms with E-state index in [1.54, 1.807) is 24.3 Å². The van der Waals surface area contributed by atoms with Gasteiger partial charge in [-0.05, 0) is 42.3 Å². The summed E-state index contributed by atoms with van der Waals surface area (Å²) in [5, 5.41) is 6.92. The normalized spacial score (nSPS) is 10.7. The third-order valence-electron chi connectivity index (χ3n) is 4.09. The number of aromatic nitrogens is 3. The first-order valence-corrected chi connectivity index (χ1v) is 9.31. The largest absolute Gasteiger partial charge is 0.352 e. The maximum absolute atomic E-state index is 13.5. The molecule has 1 heterocycles. The number of nitrogens with zero attached hydrogens (tertiary/aromatic N) is 3. The van der Waals surface area contributed by atoms with Gasteiger partial charge in [-0.3, -0.25) is 14.2 Å². The molecule has 150 valence electrons. The molecule has 0 spiro atoms. The van der Waals surface area contributed by atoms with E-state index in [4.69, 9.17) is 11.6 Å². The van der Waals surface area contributed by atoms with E-state index in [0.717, 1.165) is 9.25 Å². The molecule has 3 aromatic rings. The van der Waals surface area contributed by atoms with Gasteiger partial charge in [0, 0.05) is 11.6 Å². The second kappa shape index (κ2) is 8.83. The number of hydrogen-bond donors (Lipinski definition) is 1. The van der Waals surface area contributed by atoms with Crippen LogP contribution < -0.4 is 16.6 Å². The molecule has 7 nitrogen and oxygen atoms in total. The van der Waals surface area contributed by atoms with Gasteiger partial charge in [-0.2, -0.15) is 9.78 Å². The Morgan fingerprint density at radius 1 is 1.17 bits per heavy atom. The number of carbonyl (C=O) groups excluding carboxylic acids is 1. The Morgan fingerprint density at radius 3 is 2.62 bits per heavy atom. The number of carbonyl (C=O) groups is 1. The minimum Gasteiger partial charge on any atom is -0.350 e. The van der Waals surface area contributed by atoms with E-state index in [-0.39, 0.29) is 6.54 Å². The molecule has 0 atom stereocenters. The topological polar surface area (TPSA) is 86.0 Å². The zero-order valence-corrected chi connectivity index (χ0v) is 16.3. The summed E-state index contributed by atoms with van der Waals surface area (Å²) in [6.07, 6.45) is 0.664. The van der Waals surface area contributed by atoms with E-state index in [9.17, 15) is 18.8 Å². The average Bonchev–Trinajstić information content (AvgIpc) is 2.69. The molecule has 0 fully saturated rings. The Bertz CT molecular complexity index is 1170. The number of rotatable bonds is 6. The molecular formula is C20H18ClFN4O3. The van der Waals surface area contributed by atoms with Gasteiger partial charge in [0.05, 0.1) is 12.2 Å². The molecule has 0 saturated heterocycles. The van der Waals surface area contributed by atoms with Gasteiger partial charge in [-0.1, -0.05) is 36.7 Å². The molecule has 0 saturated carbocycles. The zero-order valence-electron chi connectivity index (χ0n) is 15.6. The van der Waals surface area contributed by atoms with E-state index in [2.05, 4.69) is 10.4 Å². The maximum atomic E-state index is 13.5. The number of benzene rings is 2. The fraction of sp³-hybridized carbons (Fsp3) is 0.200. The van der Waals surface area contributed by atoms with Gasteiger partial charge in [-0.15, -0.1) is 0 Å². The standard InChI is InChI=1S/C20H18ClFN4O3/c1-2-9-23-18(27)17-19(28)25(12-13-5-3-7-15(22)10-13)20(29)26(24-17)16-8-4-6-14(21)11-16/h3-8,10-11H,2,9,12H2,1H3,(H,23,27). The zero-order chi connectivity index (χ0) is 21.0. The highest BCUT2D eigenvalue weighted by atomic mass is 35.5. The third-order valence-corrected chi connectivity index (χ3v) is 4.33. The van der Waals surface area contributed by atoms with Gasteiger partial charge >= 0.3 is 5.69 Å². The van der Waals surface area contributed by atoms with Gasteiger partial charge in [0.2, 0.25) is 5.69 Å². The SMILES string of the molecule is CCCNC(=O)c1nn(-c2cccc(Cl)c2)c(=O)n(Cc2cccc(F)c2)c1=O. The van der Waals surface area contributed by atoms with E-state index < -0.39 is 28.7 Å². The first kappa shape index (κ1) is 20.5.